The predicted octanol–water partition coefficient (Wildman–Crippen LogP) is 5.96. The summed E-state index contributed by atoms with van der Waals surface area (Å²) in [7, 11) is 7.68. The number of benzene rings is 5. The van der Waals surface area contributed by atoms with Gasteiger partial charge in [0.15, 0.2) is 0 Å². The third-order valence-corrected chi connectivity index (χ3v) is 7.74. The molecule has 5 aromatic carbocycles. The number of primary amides is 2. The standard InChI is InChI=1S/C38H35N5O4/c1-42(2)29-18-20-31(36(39)44)33(22-29)24-10-14-26(15-11-24)35(41-47-38(46)28-8-6-5-7-9-28)27-16-12-25(13-17-27)34-23-30(43(3)4)19-21-32(34)37(40)45/h5-23H,1-4H3,(H2,39,44)(H2,40,45). The molecule has 0 spiro atoms. The van der Waals surface area contributed by atoms with Crippen LogP contribution in [0.15, 0.2) is 120 Å². The van der Waals surface area contributed by atoms with E-state index >= 15 is 0 Å². The van der Waals surface area contributed by atoms with Gasteiger partial charge < -0.3 is 26.1 Å². The van der Waals surface area contributed by atoms with Gasteiger partial charge in [0.05, 0.1) is 5.56 Å². The molecule has 5 aromatic rings. The lowest BCUT2D eigenvalue weighted by atomic mass is 9.94. The number of anilines is 2. The molecule has 5 rings (SSSR count). The lowest BCUT2D eigenvalue weighted by Crippen LogP contribution is -2.14. The summed E-state index contributed by atoms with van der Waals surface area (Å²) in [6.45, 7) is 0. The Hall–Kier alpha value is -6.22. The van der Waals surface area contributed by atoms with Gasteiger partial charge >= 0.3 is 5.97 Å². The highest BCUT2D eigenvalue weighted by molar-refractivity contribution is 6.13. The summed E-state index contributed by atoms with van der Waals surface area (Å²) in [6, 6.07) is 34.4. The first-order chi connectivity index (χ1) is 22.5. The smallest absolute Gasteiger partial charge is 0.365 e. The summed E-state index contributed by atoms with van der Waals surface area (Å²) in [5.74, 6) is -1.66. The molecule has 0 fully saturated rings. The molecule has 0 aromatic heterocycles. The Balaban J connectivity index is 1.56. The average Bonchev–Trinajstić information content (AvgIpc) is 3.08. The van der Waals surface area contributed by atoms with Crippen LogP contribution in [0.5, 0.6) is 0 Å². The zero-order chi connectivity index (χ0) is 33.7. The highest BCUT2D eigenvalue weighted by atomic mass is 16.7. The van der Waals surface area contributed by atoms with E-state index in [0.29, 0.717) is 44.7 Å². The van der Waals surface area contributed by atoms with E-state index < -0.39 is 17.8 Å². The molecule has 2 amide bonds. The van der Waals surface area contributed by atoms with Gasteiger partial charge in [0.2, 0.25) is 11.8 Å². The maximum Gasteiger partial charge on any atom is 0.365 e. The summed E-state index contributed by atoms with van der Waals surface area (Å²) in [5, 5.41) is 4.32. The van der Waals surface area contributed by atoms with E-state index in [1.807, 2.05) is 117 Å². The van der Waals surface area contributed by atoms with E-state index in [1.54, 1.807) is 36.4 Å². The third-order valence-electron chi connectivity index (χ3n) is 7.74. The molecule has 9 heteroatoms. The normalized spacial score (nSPS) is 10.6. The van der Waals surface area contributed by atoms with Gasteiger partial charge in [-0.15, -0.1) is 0 Å². The van der Waals surface area contributed by atoms with Crippen molar-refractivity contribution in [2.24, 2.45) is 16.6 Å². The Bertz CT molecular complexity index is 1850. The number of nitrogens with zero attached hydrogens (tertiary/aromatic N) is 3. The van der Waals surface area contributed by atoms with Crippen molar-refractivity contribution in [3.63, 3.8) is 0 Å². The molecule has 0 aliphatic carbocycles. The Kier molecular flexibility index (Phi) is 9.47. The molecule has 0 aliphatic rings. The van der Waals surface area contributed by atoms with Crippen molar-refractivity contribution in [2.75, 3.05) is 38.0 Å². The van der Waals surface area contributed by atoms with Gasteiger partial charge in [-0.25, -0.2) is 4.79 Å². The minimum atomic E-state index is -0.602. The van der Waals surface area contributed by atoms with E-state index in [-0.39, 0.29) is 0 Å². The van der Waals surface area contributed by atoms with Gasteiger partial charge in [0, 0.05) is 61.8 Å². The van der Waals surface area contributed by atoms with E-state index in [0.717, 1.165) is 22.5 Å². The fourth-order valence-corrected chi connectivity index (χ4v) is 5.13. The molecule has 0 atom stereocenters. The Morgan fingerprint density at radius 3 is 1.36 bits per heavy atom. The van der Waals surface area contributed by atoms with E-state index in [2.05, 4.69) is 5.16 Å². The van der Waals surface area contributed by atoms with Crippen molar-refractivity contribution in [3.8, 4) is 22.3 Å². The van der Waals surface area contributed by atoms with E-state index in [4.69, 9.17) is 16.3 Å². The summed E-state index contributed by atoms with van der Waals surface area (Å²) in [6.07, 6.45) is 0. The molecule has 0 bridgehead atoms. The number of hydrogen-bond acceptors (Lipinski definition) is 7. The fourth-order valence-electron chi connectivity index (χ4n) is 5.13. The third kappa shape index (κ3) is 7.20. The molecule has 0 heterocycles. The van der Waals surface area contributed by atoms with Crippen molar-refractivity contribution in [3.05, 3.63) is 143 Å². The summed E-state index contributed by atoms with van der Waals surface area (Å²) in [5.41, 5.74) is 19.1. The number of carbonyl (C=O) groups excluding carboxylic acids is 3. The lowest BCUT2D eigenvalue weighted by Gasteiger charge is -2.17. The molecule has 4 N–H and O–H groups in total. The number of rotatable bonds is 10. The van der Waals surface area contributed by atoms with Crippen LogP contribution in [0.2, 0.25) is 0 Å². The van der Waals surface area contributed by atoms with Gasteiger partial charge in [-0.1, -0.05) is 71.9 Å². The van der Waals surface area contributed by atoms with Gasteiger partial charge in [0.1, 0.15) is 5.71 Å². The first-order valence-corrected chi connectivity index (χ1v) is 14.8. The topological polar surface area (TPSA) is 131 Å². The van der Waals surface area contributed by atoms with Crippen LogP contribution in [0.4, 0.5) is 11.4 Å². The second kappa shape index (κ2) is 13.8. The molecule has 236 valence electrons. The van der Waals surface area contributed by atoms with Crippen molar-refractivity contribution in [1.29, 1.82) is 0 Å². The predicted molar refractivity (Wildman–Crippen MR) is 187 cm³/mol. The molecule has 9 nitrogen and oxygen atoms in total. The first kappa shape index (κ1) is 32.2. The molecule has 47 heavy (non-hydrogen) atoms. The van der Waals surface area contributed by atoms with Crippen LogP contribution in [0.1, 0.15) is 42.2 Å². The number of hydrogen-bond donors (Lipinski definition) is 2. The SMILES string of the molecule is CN(C)c1ccc(C(N)=O)c(-c2ccc(C(=NOC(=O)c3ccccc3)c3ccc(-c4cc(N(C)C)ccc4C(N)=O)cc3)cc2)c1. The lowest BCUT2D eigenvalue weighted by molar-refractivity contribution is 0.0516. The molecular formula is C38H35N5O4. The van der Waals surface area contributed by atoms with Gasteiger partial charge in [0.25, 0.3) is 0 Å². The van der Waals surface area contributed by atoms with Crippen LogP contribution in [-0.2, 0) is 4.84 Å². The summed E-state index contributed by atoms with van der Waals surface area (Å²) < 4.78 is 0. The Morgan fingerprint density at radius 1 is 0.553 bits per heavy atom. The first-order valence-electron chi connectivity index (χ1n) is 14.8. The highest BCUT2D eigenvalue weighted by Gasteiger charge is 2.17. The van der Waals surface area contributed by atoms with Crippen LogP contribution >= 0.6 is 0 Å². The molecule has 0 radical (unpaired) electrons. The average molecular weight is 626 g/mol. The Labute approximate surface area is 273 Å². The van der Waals surface area contributed by atoms with Gasteiger partial charge in [-0.05, 0) is 70.8 Å². The molecule has 0 unspecified atom stereocenters. The maximum absolute atomic E-state index is 12.8. The van der Waals surface area contributed by atoms with E-state index in [1.165, 1.54) is 0 Å². The molecule has 0 saturated heterocycles. The second-order valence-corrected chi connectivity index (χ2v) is 11.3. The maximum atomic E-state index is 12.8. The number of carbonyl (C=O) groups is 3. The van der Waals surface area contributed by atoms with Crippen LogP contribution in [0.3, 0.4) is 0 Å². The quantitative estimate of drug-likeness (QED) is 0.112. The van der Waals surface area contributed by atoms with E-state index in [9.17, 15) is 14.4 Å². The highest BCUT2D eigenvalue weighted by Crippen LogP contribution is 2.31. The van der Waals surface area contributed by atoms with Crippen molar-refractivity contribution >= 4 is 34.9 Å². The van der Waals surface area contributed by atoms with Crippen LogP contribution in [0.25, 0.3) is 22.3 Å². The number of oxime groups is 1. The number of nitrogens with two attached hydrogens (primary N) is 2. The largest absolute Gasteiger partial charge is 0.378 e. The summed E-state index contributed by atoms with van der Waals surface area (Å²) >= 11 is 0. The van der Waals surface area contributed by atoms with Crippen LogP contribution in [0, 0.1) is 0 Å². The molecule has 0 aliphatic heterocycles. The Morgan fingerprint density at radius 2 is 0.979 bits per heavy atom. The van der Waals surface area contributed by atoms with Crippen molar-refractivity contribution < 1.29 is 19.2 Å². The monoisotopic (exact) mass is 625 g/mol. The van der Waals surface area contributed by atoms with Gasteiger partial charge in [-0.3, -0.25) is 9.59 Å². The van der Waals surface area contributed by atoms with Crippen molar-refractivity contribution in [2.45, 2.75) is 0 Å². The van der Waals surface area contributed by atoms with Crippen molar-refractivity contribution in [1.82, 2.24) is 0 Å². The van der Waals surface area contributed by atoms with Gasteiger partial charge in [-0.2, -0.15) is 0 Å². The minimum absolute atomic E-state index is 0.362. The zero-order valence-corrected chi connectivity index (χ0v) is 26.6. The fraction of sp³-hybridized carbons (Fsp3) is 0.105. The second-order valence-electron chi connectivity index (χ2n) is 11.3. The summed E-state index contributed by atoms with van der Waals surface area (Å²) in [4.78, 5) is 46.7. The molecule has 0 saturated carbocycles. The van der Waals surface area contributed by atoms with Crippen LogP contribution < -0.4 is 21.3 Å². The van der Waals surface area contributed by atoms with Crippen LogP contribution in [-0.4, -0.2) is 51.7 Å². The zero-order valence-electron chi connectivity index (χ0n) is 26.6. The minimum Gasteiger partial charge on any atom is -0.378 e. The number of amides is 2. The molecular weight excluding hydrogens is 590 g/mol.